The monoisotopic (exact) mass is 292 g/mol. The summed E-state index contributed by atoms with van der Waals surface area (Å²) < 4.78 is 7.19. The minimum atomic E-state index is 0. The van der Waals surface area contributed by atoms with Crippen molar-refractivity contribution in [3.8, 4) is 22.9 Å². The Kier molecular flexibility index (Phi) is 6.04. The fraction of sp³-hybridized carbons (Fsp3) is 0.286. The zero-order valence-electron chi connectivity index (χ0n) is 11.2. The number of benzene rings is 1. The highest BCUT2D eigenvalue weighted by atomic mass is 35.5. The summed E-state index contributed by atoms with van der Waals surface area (Å²) in [5, 5.41) is 12.8. The van der Waals surface area contributed by atoms with E-state index in [0.29, 0.717) is 13.2 Å². The van der Waals surface area contributed by atoms with Crippen molar-refractivity contribution in [2.24, 2.45) is 5.73 Å². The summed E-state index contributed by atoms with van der Waals surface area (Å²) in [5.74, 6) is 0.801. The van der Waals surface area contributed by atoms with Crippen molar-refractivity contribution >= 4 is 12.4 Å². The van der Waals surface area contributed by atoms with Crippen molar-refractivity contribution < 1.29 is 4.74 Å². The number of ether oxygens (including phenoxy) is 1. The third-order valence-electron chi connectivity index (χ3n) is 2.79. The lowest BCUT2D eigenvalue weighted by molar-refractivity contribution is 0.337. The SMILES string of the molecule is CCOc1cc(-c2cnn(CC#N)c2)ccc1CN.Cl. The van der Waals surface area contributed by atoms with Crippen LogP contribution >= 0.6 is 12.4 Å². The molecule has 20 heavy (non-hydrogen) atoms. The minimum Gasteiger partial charge on any atom is -0.494 e. The molecule has 0 saturated carbocycles. The Morgan fingerprint density at radius 3 is 2.85 bits per heavy atom. The van der Waals surface area contributed by atoms with Crippen molar-refractivity contribution in [1.82, 2.24) is 9.78 Å². The standard InChI is InChI=1S/C14H16N4O.ClH/c1-2-19-14-7-11(3-4-12(14)8-16)13-9-17-18(10-13)6-5-15;/h3-4,7,9-10H,2,6,8,16H2,1H3;1H. The lowest BCUT2D eigenvalue weighted by Crippen LogP contribution is -2.02. The summed E-state index contributed by atoms with van der Waals surface area (Å²) >= 11 is 0. The van der Waals surface area contributed by atoms with E-state index in [1.54, 1.807) is 10.9 Å². The number of halogens is 1. The van der Waals surface area contributed by atoms with Gasteiger partial charge in [-0.3, -0.25) is 4.68 Å². The first-order valence-corrected chi connectivity index (χ1v) is 6.14. The molecule has 0 radical (unpaired) electrons. The summed E-state index contributed by atoms with van der Waals surface area (Å²) in [6, 6.07) is 7.96. The molecule has 0 aliphatic rings. The molecule has 2 rings (SSSR count). The topological polar surface area (TPSA) is 76.9 Å². The first kappa shape index (κ1) is 16.0. The van der Waals surface area contributed by atoms with Crippen LogP contribution in [-0.2, 0) is 13.1 Å². The van der Waals surface area contributed by atoms with Crippen LogP contribution < -0.4 is 10.5 Å². The van der Waals surface area contributed by atoms with Crippen molar-refractivity contribution in [3.63, 3.8) is 0 Å². The molecule has 1 aromatic carbocycles. The van der Waals surface area contributed by atoms with Crippen LogP contribution in [0.3, 0.4) is 0 Å². The van der Waals surface area contributed by atoms with Gasteiger partial charge in [0.1, 0.15) is 12.3 Å². The highest BCUT2D eigenvalue weighted by Gasteiger charge is 2.07. The van der Waals surface area contributed by atoms with E-state index in [4.69, 9.17) is 15.7 Å². The molecule has 0 aliphatic heterocycles. The average Bonchev–Trinajstić information content (AvgIpc) is 2.88. The van der Waals surface area contributed by atoms with E-state index < -0.39 is 0 Å². The maximum absolute atomic E-state index is 8.64. The molecule has 0 saturated heterocycles. The molecule has 0 amide bonds. The zero-order valence-corrected chi connectivity index (χ0v) is 12.1. The van der Waals surface area contributed by atoms with E-state index in [1.165, 1.54) is 0 Å². The molecule has 0 bridgehead atoms. The van der Waals surface area contributed by atoms with Crippen LogP contribution in [0.25, 0.3) is 11.1 Å². The first-order valence-electron chi connectivity index (χ1n) is 6.14. The molecule has 5 nitrogen and oxygen atoms in total. The van der Waals surface area contributed by atoms with Gasteiger partial charge in [0, 0.05) is 23.9 Å². The van der Waals surface area contributed by atoms with Crippen molar-refractivity contribution in [2.75, 3.05) is 6.61 Å². The fourth-order valence-corrected chi connectivity index (χ4v) is 1.86. The predicted octanol–water partition coefficient (Wildman–Crippen LogP) is 2.35. The van der Waals surface area contributed by atoms with Crippen LogP contribution in [0.1, 0.15) is 12.5 Å². The number of nitriles is 1. The number of nitrogens with zero attached hydrogens (tertiary/aromatic N) is 3. The van der Waals surface area contributed by atoms with Crippen LogP contribution in [0.4, 0.5) is 0 Å². The molecule has 0 aliphatic carbocycles. The molecule has 0 atom stereocenters. The lowest BCUT2D eigenvalue weighted by atomic mass is 10.1. The van der Waals surface area contributed by atoms with Gasteiger partial charge in [0.15, 0.2) is 0 Å². The molecule has 1 heterocycles. The lowest BCUT2D eigenvalue weighted by Gasteiger charge is -2.10. The Hall–Kier alpha value is -2.03. The normalized spacial score (nSPS) is 9.65. The van der Waals surface area contributed by atoms with Crippen LogP contribution in [-0.4, -0.2) is 16.4 Å². The zero-order chi connectivity index (χ0) is 13.7. The van der Waals surface area contributed by atoms with Crippen LogP contribution in [0.15, 0.2) is 30.6 Å². The second-order valence-corrected chi connectivity index (χ2v) is 4.04. The van der Waals surface area contributed by atoms with E-state index in [9.17, 15) is 0 Å². The Bertz CT molecular complexity index is 603. The molecular formula is C14H17ClN4O. The largest absolute Gasteiger partial charge is 0.494 e. The van der Waals surface area contributed by atoms with Gasteiger partial charge >= 0.3 is 0 Å². The number of hydrogen-bond acceptors (Lipinski definition) is 4. The van der Waals surface area contributed by atoms with Gasteiger partial charge in [0.05, 0.1) is 18.9 Å². The minimum absolute atomic E-state index is 0. The smallest absolute Gasteiger partial charge is 0.128 e. The predicted molar refractivity (Wildman–Crippen MR) is 79.6 cm³/mol. The Morgan fingerprint density at radius 2 is 2.20 bits per heavy atom. The van der Waals surface area contributed by atoms with Crippen LogP contribution in [0.2, 0.25) is 0 Å². The van der Waals surface area contributed by atoms with Gasteiger partial charge in [-0.2, -0.15) is 10.4 Å². The van der Waals surface area contributed by atoms with Gasteiger partial charge in [-0.05, 0) is 18.6 Å². The maximum atomic E-state index is 8.64. The molecule has 0 unspecified atom stereocenters. The summed E-state index contributed by atoms with van der Waals surface area (Å²) in [7, 11) is 0. The maximum Gasteiger partial charge on any atom is 0.128 e. The van der Waals surface area contributed by atoms with Crippen LogP contribution in [0.5, 0.6) is 5.75 Å². The number of hydrogen-bond donors (Lipinski definition) is 1. The fourth-order valence-electron chi connectivity index (χ4n) is 1.86. The Labute approximate surface area is 124 Å². The van der Waals surface area contributed by atoms with Gasteiger partial charge < -0.3 is 10.5 Å². The molecule has 0 spiro atoms. The van der Waals surface area contributed by atoms with Crippen molar-refractivity contribution in [2.45, 2.75) is 20.0 Å². The van der Waals surface area contributed by atoms with E-state index >= 15 is 0 Å². The first-order chi connectivity index (χ1) is 9.28. The second-order valence-electron chi connectivity index (χ2n) is 4.04. The summed E-state index contributed by atoms with van der Waals surface area (Å²) in [6.45, 7) is 3.24. The van der Waals surface area contributed by atoms with E-state index in [-0.39, 0.29) is 19.0 Å². The molecule has 1 aromatic heterocycles. The molecule has 6 heteroatoms. The summed E-state index contributed by atoms with van der Waals surface area (Å²) in [6.07, 6.45) is 3.58. The number of rotatable bonds is 5. The van der Waals surface area contributed by atoms with Crippen LogP contribution in [0, 0.1) is 11.3 Å². The van der Waals surface area contributed by atoms with Gasteiger partial charge in [-0.15, -0.1) is 12.4 Å². The highest BCUT2D eigenvalue weighted by Crippen LogP contribution is 2.27. The van der Waals surface area contributed by atoms with Gasteiger partial charge in [-0.25, -0.2) is 0 Å². The number of aromatic nitrogens is 2. The summed E-state index contributed by atoms with van der Waals surface area (Å²) in [5.41, 5.74) is 8.62. The quantitative estimate of drug-likeness (QED) is 0.917. The second kappa shape index (κ2) is 7.53. The Morgan fingerprint density at radius 1 is 1.40 bits per heavy atom. The van der Waals surface area contributed by atoms with Crippen molar-refractivity contribution in [3.05, 3.63) is 36.2 Å². The summed E-state index contributed by atoms with van der Waals surface area (Å²) in [4.78, 5) is 0. The van der Waals surface area contributed by atoms with Gasteiger partial charge in [-0.1, -0.05) is 12.1 Å². The molecule has 2 aromatic rings. The van der Waals surface area contributed by atoms with Crippen molar-refractivity contribution in [1.29, 1.82) is 5.26 Å². The van der Waals surface area contributed by atoms with Gasteiger partial charge in [0.2, 0.25) is 0 Å². The number of nitrogens with two attached hydrogens (primary N) is 1. The molecule has 0 fully saturated rings. The molecule has 106 valence electrons. The van der Waals surface area contributed by atoms with Gasteiger partial charge in [0.25, 0.3) is 0 Å². The Balaban J connectivity index is 0.00000200. The average molecular weight is 293 g/mol. The highest BCUT2D eigenvalue weighted by molar-refractivity contribution is 5.85. The third-order valence-corrected chi connectivity index (χ3v) is 2.79. The van der Waals surface area contributed by atoms with E-state index in [1.807, 2.05) is 31.3 Å². The molecule has 2 N–H and O–H groups in total. The third kappa shape index (κ3) is 3.50. The van der Waals surface area contributed by atoms with E-state index in [2.05, 4.69) is 11.2 Å². The van der Waals surface area contributed by atoms with E-state index in [0.717, 1.165) is 22.4 Å². The molecular weight excluding hydrogens is 276 g/mol.